The van der Waals surface area contributed by atoms with E-state index in [0.29, 0.717) is 55.4 Å². The molecule has 6 fully saturated rings. The van der Waals surface area contributed by atoms with Crippen LogP contribution in [0.5, 0.6) is 0 Å². The van der Waals surface area contributed by atoms with Gasteiger partial charge >= 0.3 is 0 Å². The van der Waals surface area contributed by atoms with E-state index in [1.807, 2.05) is 0 Å². The van der Waals surface area contributed by atoms with Crippen LogP contribution < -0.4 is 21.3 Å². The van der Waals surface area contributed by atoms with Gasteiger partial charge in [0.05, 0.1) is 11.5 Å². The number of rotatable bonds is 2. The number of imide groups is 2. The quantitative estimate of drug-likeness (QED) is 0.196. The molecular formula is C49H99N5O8S. The first-order chi connectivity index (χ1) is 29.0. The predicted octanol–water partition coefficient (Wildman–Crippen LogP) is 8.88. The molecule has 6 heterocycles. The highest BCUT2D eigenvalue weighted by Gasteiger charge is 2.25. The maximum atomic E-state index is 11.0. The van der Waals surface area contributed by atoms with Crippen LogP contribution in [-0.2, 0) is 38.6 Å². The van der Waals surface area contributed by atoms with E-state index < -0.39 is 9.84 Å². The molecule has 14 heteroatoms. The van der Waals surface area contributed by atoms with E-state index in [-0.39, 0.29) is 35.4 Å². The fourth-order valence-corrected chi connectivity index (χ4v) is 6.76. The number of hydrogen-bond donors (Lipinski definition) is 4. The van der Waals surface area contributed by atoms with Gasteiger partial charge < -0.3 is 15.5 Å². The number of nitrogens with one attached hydrogen (secondary N) is 4. The van der Waals surface area contributed by atoms with Crippen molar-refractivity contribution in [3.05, 3.63) is 0 Å². The largest absolute Gasteiger partial charge is 0.356 e. The fraction of sp³-hybridized carbons (Fsp3) is 0.878. The third-order valence-electron chi connectivity index (χ3n) is 8.36. The Hall–Kier alpha value is -2.87. The van der Waals surface area contributed by atoms with E-state index in [1.54, 1.807) is 0 Å². The lowest BCUT2D eigenvalue weighted by Crippen LogP contribution is -2.48. The molecule has 374 valence electrons. The summed E-state index contributed by atoms with van der Waals surface area (Å²) in [6.07, 6.45) is 8.95. The Morgan fingerprint density at radius 3 is 0.952 bits per heavy atom. The first-order valence-corrected chi connectivity index (χ1v) is 26.0. The second-order valence-corrected chi connectivity index (χ2v) is 22.7. The molecule has 0 aromatic rings. The third-order valence-corrected chi connectivity index (χ3v) is 10.1. The molecule has 0 saturated carbocycles. The Morgan fingerprint density at radius 1 is 0.460 bits per heavy atom. The van der Waals surface area contributed by atoms with Gasteiger partial charge in [-0.25, -0.2) is 8.42 Å². The molecule has 63 heavy (non-hydrogen) atoms. The van der Waals surface area contributed by atoms with Crippen molar-refractivity contribution >= 4 is 45.3 Å². The van der Waals surface area contributed by atoms with Crippen LogP contribution in [0.1, 0.15) is 195 Å². The fourth-order valence-electron chi connectivity index (χ4n) is 5.23. The van der Waals surface area contributed by atoms with Gasteiger partial charge in [-0.2, -0.15) is 0 Å². The van der Waals surface area contributed by atoms with Crippen molar-refractivity contribution in [3.63, 3.8) is 0 Å². The van der Waals surface area contributed by atoms with Gasteiger partial charge in [0.1, 0.15) is 9.84 Å². The van der Waals surface area contributed by atoms with Crippen LogP contribution >= 0.6 is 0 Å². The number of carbonyl (C=O) groups excluding carboxylic acids is 6. The molecule has 6 saturated heterocycles. The molecule has 0 bridgehead atoms. The van der Waals surface area contributed by atoms with E-state index in [4.69, 9.17) is 0 Å². The minimum atomic E-state index is -2.65. The topological polar surface area (TPSA) is 188 Å². The molecule has 13 nitrogen and oxygen atoms in total. The molecule has 0 aliphatic carbocycles. The smallest absolute Gasteiger partial charge is 0.227 e. The lowest BCUT2D eigenvalue weighted by atomic mass is 9.91. The molecule has 6 aliphatic rings. The summed E-state index contributed by atoms with van der Waals surface area (Å²) >= 11 is 0. The normalized spacial score (nSPS) is 19.0. The van der Waals surface area contributed by atoms with Gasteiger partial charge in [-0.1, -0.05) is 104 Å². The van der Waals surface area contributed by atoms with Crippen LogP contribution in [0.15, 0.2) is 0 Å². The first kappa shape index (κ1) is 66.7. The summed E-state index contributed by atoms with van der Waals surface area (Å²) in [7, 11) is -2.65. The average molecular weight is 918 g/mol. The van der Waals surface area contributed by atoms with Gasteiger partial charge in [0.25, 0.3) is 0 Å². The van der Waals surface area contributed by atoms with Gasteiger partial charge in [0.15, 0.2) is 0 Å². The summed E-state index contributed by atoms with van der Waals surface area (Å²) in [5.41, 5.74) is 0. The number of likely N-dealkylation sites (tertiary alicyclic amines) is 1. The van der Waals surface area contributed by atoms with Crippen molar-refractivity contribution in [2.45, 2.75) is 201 Å². The molecule has 6 aliphatic heterocycles. The third kappa shape index (κ3) is 55.2. The Kier molecular flexibility index (Phi) is 43.0. The molecule has 4 N–H and O–H groups in total. The van der Waals surface area contributed by atoms with E-state index in [0.717, 1.165) is 93.7 Å². The number of sulfone groups is 1. The summed E-state index contributed by atoms with van der Waals surface area (Å²) in [5.74, 6) is 6.24. The van der Waals surface area contributed by atoms with Crippen LogP contribution in [0.2, 0.25) is 0 Å². The second kappa shape index (κ2) is 40.6. The van der Waals surface area contributed by atoms with Crippen molar-refractivity contribution in [1.82, 2.24) is 26.2 Å². The Morgan fingerprint density at radius 2 is 0.778 bits per heavy atom. The minimum Gasteiger partial charge on any atom is -0.356 e. The SMILES string of the molecule is CC(C)C.CC(C)C.CC(C)C.CC(C)C.CC(C)C1CCS(=O)(=O)CC1.CC1CN(C(C)C)C1.O=C1CCC(=O)N1.O=C1CCCC(=O)N1.O=C1CCCCN1.O=C1CCCN1. The Balaban J connectivity index is -0.000000313. The van der Waals surface area contributed by atoms with Crippen LogP contribution in [-0.4, -0.2) is 92.5 Å². The predicted molar refractivity (Wildman–Crippen MR) is 263 cm³/mol. The van der Waals surface area contributed by atoms with Crippen molar-refractivity contribution in [3.8, 4) is 0 Å². The highest BCUT2D eigenvalue weighted by molar-refractivity contribution is 7.91. The maximum Gasteiger partial charge on any atom is 0.227 e. The zero-order chi connectivity index (χ0) is 49.7. The zero-order valence-electron chi connectivity index (χ0n) is 43.5. The number of hydrogen-bond acceptors (Lipinski definition) is 9. The Labute approximate surface area is 387 Å². The number of amides is 6. The molecule has 0 unspecified atom stereocenters. The summed E-state index contributed by atoms with van der Waals surface area (Å²) in [4.78, 5) is 63.9. The summed E-state index contributed by atoms with van der Waals surface area (Å²) in [5, 5.41) is 9.76. The highest BCUT2D eigenvalue weighted by atomic mass is 32.2. The van der Waals surface area contributed by atoms with E-state index in [2.05, 4.69) is 144 Å². The molecular weight excluding hydrogens is 819 g/mol. The highest BCUT2D eigenvalue weighted by Crippen LogP contribution is 2.25. The van der Waals surface area contributed by atoms with Crippen LogP contribution in [0.3, 0.4) is 0 Å². The van der Waals surface area contributed by atoms with Gasteiger partial charge in [0, 0.05) is 70.7 Å². The monoisotopic (exact) mass is 918 g/mol. The summed E-state index contributed by atoms with van der Waals surface area (Å²) < 4.78 is 22.0. The van der Waals surface area contributed by atoms with Gasteiger partial charge in [-0.15, -0.1) is 0 Å². The summed E-state index contributed by atoms with van der Waals surface area (Å²) in [6.45, 7) is 41.6. The second-order valence-electron chi connectivity index (χ2n) is 20.4. The van der Waals surface area contributed by atoms with Crippen molar-refractivity contribution in [2.24, 2.45) is 41.4 Å². The van der Waals surface area contributed by atoms with Gasteiger partial charge in [-0.3, -0.25) is 39.4 Å². The van der Waals surface area contributed by atoms with Crippen molar-refractivity contribution in [2.75, 3.05) is 37.7 Å². The standard InChI is InChI=1S/C8H16O2S.C7H15N.C5H7NO2.C5H9NO.C4H5NO2.C4H7NO.4C4H10/c1-7(2)8-3-5-11(9,10)6-4-8;1-6(2)8-4-7(3)5-8;7-4-2-1-3-5(8)6-4;7-5-3-1-2-4-6-5;6-3-1-2-4(7)5-3;6-4-2-1-3-5-4;4*1-4(2)3/h7-8H,3-6H2,1-2H3;6-7H,4-5H2,1-3H3;1-3H2,(H,6,7,8);1-4H2,(H,6,7);1-2H2,(H,5,6,7);1-3H2,(H,5,6);4*4H,1-3H3. The van der Waals surface area contributed by atoms with Gasteiger partial charge in [0.2, 0.25) is 35.4 Å². The molecule has 0 spiro atoms. The van der Waals surface area contributed by atoms with Crippen LogP contribution in [0.4, 0.5) is 0 Å². The molecule has 0 aromatic heterocycles. The van der Waals surface area contributed by atoms with E-state index in [9.17, 15) is 37.2 Å². The lowest BCUT2D eigenvalue weighted by molar-refractivity contribution is -0.133. The maximum absolute atomic E-state index is 11.0. The molecule has 0 aromatic carbocycles. The average Bonchev–Trinajstić information content (AvgIpc) is 3.76. The van der Waals surface area contributed by atoms with E-state index in [1.165, 1.54) is 13.1 Å². The Bertz CT molecular complexity index is 1230. The number of carbonyl (C=O) groups is 6. The molecule has 0 radical (unpaired) electrons. The molecule has 6 amide bonds. The summed E-state index contributed by atoms with van der Waals surface area (Å²) in [6, 6.07) is 0.770. The lowest BCUT2D eigenvalue weighted by Gasteiger charge is -2.40. The minimum absolute atomic E-state index is 0.138. The molecule has 0 atom stereocenters. The first-order valence-electron chi connectivity index (χ1n) is 24.1. The van der Waals surface area contributed by atoms with Crippen molar-refractivity contribution in [1.29, 1.82) is 0 Å². The van der Waals surface area contributed by atoms with Crippen LogP contribution in [0, 0.1) is 41.4 Å². The molecule has 6 rings (SSSR count). The number of piperidine rings is 2. The van der Waals surface area contributed by atoms with Crippen LogP contribution in [0.25, 0.3) is 0 Å². The van der Waals surface area contributed by atoms with E-state index >= 15 is 0 Å². The number of nitrogens with zero attached hydrogens (tertiary/aromatic N) is 1. The van der Waals surface area contributed by atoms with Gasteiger partial charge in [-0.05, 0) is 93.8 Å². The van der Waals surface area contributed by atoms with Crippen molar-refractivity contribution < 1.29 is 37.2 Å². The zero-order valence-corrected chi connectivity index (χ0v) is 44.3.